The van der Waals surface area contributed by atoms with Crippen LogP contribution >= 0.6 is 0 Å². The van der Waals surface area contributed by atoms with E-state index in [1.165, 1.54) is 72.8 Å². The lowest BCUT2D eigenvalue weighted by Gasteiger charge is -2.09. The summed E-state index contributed by atoms with van der Waals surface area (Å²) in [6.07, 6.45) is 0. The highest BCUT2D eigenvalue weighted by atomic mass is 32.2. The van der Waals surface area contributed by atoms with Crippen LogP contribution in [0.1, 0.15) is 0 Å². The first kappa shape index (κ1) is 23.6. The monoisotopic (exact) mass is 496 g/mol. The summed E-state index contributed by atoms with van der Waals surface area (Å²) < 4.78 is 55.0. The van der Waals surface area contributed by atoms with Crippen molar-refractivity contribution in [2.45, 2.75) is 9.79 Å². The maximum Gasteiger partial charge on any atom is 0.305 e. The number of nitrogens with zero attached hydrogens (tertiary/aromatic N) is 2. The fraction of sp³-hybridized carbons (Fsp3) is 0. The molecule has 0 fully saturated rings. The van der Waals surface area contributed by atoms with Gasteiger partial charge in [-0.25, -0.2) is 8.42 Å². The third-order valence-corrected chi connectivity index (χ3v) is 7.09. The Morgan fingerprint density at radius 1 is 0.571 bits per heavy atom. The molecule has 176 valence electrons. The van der Waals surface area contributed by atoms with Gasteiger partial charge in [-0.1, -0.05) is 48.5 Å². The topological polar surface area (TPSA) is 120 Å². The van der Waals surface area contributed by atoms with Crippen molar-refractivity contribution in [1.82, 2.24) is 0 Å². The van der Waals surface area contributed by atoms with E-state index in [1.54, 1.807) is 0 Å². The lowest BCUT2D eigenvalue weighted by atomic mass is 10.0. The van der Waals surface area contributed by atoms with Crippen LogP contribution in [0.15, 0.2) is 94.7 Å². The summed E-state index contributed by atoms with van der Waals surface area (Å²) in [5.41, 5.74) is -0.986. The van der Waals surface area contributed by atoms with Crippen molar-refractivity contribution in [3.63, 3.8) is 0 Å². The van der Waals surface area contributed by atoms with Gasteiger partial charge in [-0.05, 0) is 35.4 Å². The number of sulfone groups is 1. The second-order valence-corrected chi connectivity index (χ2v) is 9.29. The molecule has 4 aromatic carbocycles. The summed E-state index contributed by atoms with van der Waals surface area (Å²) in [5.74, 6) is -2.06. The maximum absolute atomic E-state index is 14.5. The lowest BCUT2D eigenvalue weighted by molar-refractivity contribution is -0.387. The highest BCUT2D eigenvalue weighted by molar-refractivity contribution is 7.91. The Morgan fingerprint density at radius 2 is 0.914 bits per heavy atom. The molecule has 11 heteroatoms. The molecule has 0 spiro atoms. The summed E-state index contributed by atoms with van der Waals surface area (Å²) in [6, 6.07) is 17.7. The van der Waals surface area contributed by atoms with Gasteiger partial charge in [0, 0.05) is 23.3 Å². The molecule has 0 aliphatic rings. The molecule has 0 saturated carbocycles. The number of nitro groups is 2. The normalized spacial score (nSPS) is 11.3. The molecule has 0 aliphatic heterocycles. The smallest absolute Gasteiger partial charge is 0.258 e. The van der Waals surface area contributed by atoms with E-state index in [9.17, 15) is 37.4 Å². The van der Waals surface area contributed by atoms with Crippen molar-refractivity contribution in [3.8, 4) is 22.3 Å². The van der Waals surface area contributed by atoms with Crippen molar-refractivity contribution < 1.29 is 27.0 Å². The molecule has 0 N–H and O–H groups in total. The van der Waals surface area contributed by atoms with Gasteiger partial charge in [0.1, 0.15) is 0 Å². The molecule has 0 radical (unpaired) electrons. The van der Waals surface area contributed by atoms with Gasteiger partial charge < -0.3 is 0 Å². The zero-order valence-electron chi connectivity index (χ0n) is 17.6. The standard InChI is InChI=1S/C24H14F2N2O6S/c25-23-19(3-1-5-21(23)27(29)30)15-7-11-17(12-8-15)35(33,34)18-13-9-16(10-14-18)20-4-2-6-22(24(20)26)28(31)32/h1-14H. The maximum atomic E-state index is 14.5. The zero-order valence-corrected chi connectivity index (χ0v) is 18.4. The number of nitro benzene ring substituents is 2. The SMILES string of the molecule is O=[N+]([O-])c1cccc(-c2ccc(S(=O)(=O)c3ccc(-c4cccc([N+](=O)[O-])c4F)cc3)cc2)c1F. The van der Waals surface area contributed by atoms with Gasteiger partial charge in [-0.15, -0.1) is 0 Å². The number of benzene rings is 4. The fourth-order valence-electron chi connectivity index (χ4n) is 3.53. The molecule has 35 heavy (non-hydrogen) atoms. The van der Waals surface area contributed by atoms with Crippen molar-refractivity contribution in [3.05, 3.63) is 117 Å². The predicted octanol–water partition coefficient (Wildman–Crippen LogP) is 5.95. The molecule has 0 aliphatic carbocycles. The first-order chi connectivity index (χ1) is 16.6. The van der Waals surface area contributed by atoms with Crippen molar-refractivity contribution >= 4 is 21.2 Å². The second-order valence-electron chi connectivity index (χ2n) is 7.34. The molecule has 0 bridgehead atoms. The van der Waals surface area contributed by atoms with E-state index in [0.29, 0.717) is 0 Å². The summed E-state index contributed by atoms with van der Waals surface area (Å²) in [4.78, 5) is 20.0. The van der Waals surface area contributed by atoms with Crippen molar-refractivity contribution in [2.75, 3.05) is 0 Å². The van der Waals surface area contributed by atoms with E-state index in [1.807, 2.05) is 0 Å². The molecular formula is C24H14F2N2O6S. The van der Waals surface area contributed by atoms with Crippen LogP contribution in [0.2, 0.25) is 0 Å². The molecule has 4 aromatic rings. The molecule has 0 amide bonds. The van der Waals surface area contributed by atoms with E-state index < -0.39 is 42.7 Å². The Balaban J connectivity index is 1.65. The largest absolute Gasteiger partial charge is 0.305 e. The highest BCUT2D eigenvalue weighted by Crippen LogP contribution is 2.32. The van der Waals surface area contributed by atoms with E-state index in [-0.39, 0.29) is 32.0 Å². The minimum absolute atomic E-state index is 0.0496. The summed E-state index contributed by atoms with van der Waals surface area (Å²) in [6.45, 7) is 0. The Morgan fingerprint density at radius 3 is 1.23 bits per heavy atom. The van der Waals surface area contributed by atoms with Crippen LogP contribution in [0.4, 0.5) is 20.2 Å². The fourth-order valence-corrected chi connectivity index (χ4v) is 4.79. The quantitative estimate of drug-likeness (QED) is 0.240. The lowest BCUT2D eigenvalue weighted by Crippen LogP contribution is -2.02. The Labute approximate surface area is 197 Å². The van der Waals surface area contributed by atoms with E-state index in [0.717, 1.165) is 12.1 Å². The van der Waals surface area contributed by atoms with Crippen LogP contribution in [-0.4, -0.2) is 18.3 Å². The van der Waals surface area contributed by atoms with E-state index in [4.69, 9.17) is 0 Å². The summed E-state index contributed by atoms with van der Waals surface area (Å²) >= 11 is 0. The van der Waals surface area contributed by atoms with E-state index >= 15 is 0 Å². The van der Waals surface area contributed by atoms with Crippen LogP contribution in [0, 0.1) is 31.9 Å². The number of hydrogen-bond acceptors (Lipinski definition) is 6. The van der Waals surface area contributed by atoms with Gasteiger partial charge in [0.25, 0.3) is 0 Å². The van der Waals surface area contributed by atoms with Crippen LogP contribution in [0.3, 0.4) is 0 Å². The summed E-state index contributed by atoms with van der Waals surface area (Å²) in [7, 11) is -4.00. The van der Waals surface area contributed by atoms with Crippen LogP contribution in [0.5, 0.6) is 0 Å². The highest BCUT2D eigenvalue weighted by Gasteiger charge is 2.22. The average molecular weight is 496 g/mol. The Hall–Kier alpha value is -4.51. The molecule has 0 heterocycles. The Bertz CT molecular complexity index is 1460. The average Bonchev–Trinajstić information content (AvgIpc) is 2.84. The molecule has 4 rings (SSSR count). The molecule has 0 aromatic heterocycles. The minimum atomic E-state index is -4.00. The number of halogens is 2. The zero-order chi connectivity index (χ0) is 25.3. The number of rotatable bonds is 6. The molecule has 0 saturated heterocycles. The molecular weight excluding hydrogens is 482 g/mol. The van der Waals surface area contributed by atoms with E-state index in [2.05, 4.69) is 0 Å². The third kappa shape index (κ3) is 4.36. The van der Waals surface area contributed by atoms with Gasteiger partial charge in [0.2, 0.25) is 21.5 Å². The number of hydrogen-bond donors (Lipinski definition) is 0. The van der Waals surface area contributed by atoms with Gasteiger partial charge in [-0.3, -0.25) is 20.2 Å². The first-order valence-corrected chi connectivity index (χ1v) is 11.4. The van der Waals surface area contributed by atoms with Crippen LogP contribution in [-0.2, 0) is 9.84 Å². The van der Waals surface area contributed by atoms with Gasteiger partial charge in [-0.2, -0.15) is 8.78 Å². The van der Waals surface area contributed by atoms with Crippen molar-refractivity contribution in [1.29, 1.82) is 0 Å². The Kier molecular flexibility index (Phi) is 6.10. The van der Waals surface area contributed by atoms with Gasteiger partial charge in [0.05, 0.1) is 19.6 Å². The molecule has 0 atom stereocenters. The predicted molar refractivity (Wildman–Crippen MR) is 122 cm³/mol. The van der Waals surface area contributed by atoms with Crippen LogP contribution in [0.25, 0.3) is 22.3 Å². The van der Waals surface area contributed by atoms with Gasteiger partial charge >= 0.3 is 11.4 Å². The van der Waals surface area contributed by atoms with Crippen LogP contribution < -0.4 is 0 Å². The van der Waals surface area contributed by atoms with Gasteiger partial charge in [0.15, 0.2) is 0 Å². The summed E-state index contributed by atoms with van der Waals surface area (Å²) in [5, 5.41) is 21.9. The molecule has 8 nitrogen and oxygen atoms in total. The first-order valence-electron chi connectivity index (χ1n) is 9.93. The third-order valence-electron chi connectivity index (χ3n) is 5.30. The minimum Gasteiger partial charge on any atom is -0.258 e. The van der Waals surface area contributed by atoms with Crippen molar-refractivity contribution in [2.24, 2.45) is 0 Å². The molecule has 0 unspecified atom stereocenters. The second kappa shape index (κ2) is 9.03.